The molecule has 0 saturated carbocycles. The summed E-state index contributed by atoms with van der Waals surface area (Å²) >= 11 is 0. The van der Waals surface area contributed by atoms with Gasteiger partial charge in [0.15, 0.2) is 0 Å². The maximum absolute atomic E-state index is 10.6. The number of pyridine rings is 1. The van der Waals surface area contributed by atoms with E-state index in [0.717, 1.165) is 32.8 Å². The van der Waals surface area contributed by atoms with Crippen LogP contribution >= 0.6 is 0 Å². The van der Waals surface area contributed by atoms with E-state index in [4.69, 9.17) is 9.47 Å². The highest BCUT2D eigenvalue weighted by Crippen LogP contribution is 2.19. The highest BCUT2D eigenvalue weighted by Gasteiger charge is 2.12. The molecular formula is C14H23N3O4. The molecule has 0 radical (unpaired) electrons. The first kappa shape index (κ1) is 17.3. The number of ether oxygens (including phenoxy) is 2. The number of aromatic nitrogens is 1. The molecule has 2 heterocycles. The number of hydrogen-bond acceptors (Lipinski definition) is 6. The first-order valence-electron chi connectivity index (χ1n) is 7.21. The van der Waals surface area contributed by atoms with Crippen LogP contribution in [0.1, 0.15) is 19.4 Å². The second-order valence-corrected chi connectivity index (χ2v) is 4.38. The molecule has 1 saturated heterocycles. The summed E-state index contributed by atoms with van der Waals surface area (Å²) in [7, 11) is 0. The Balaban J connectivity index is 0.00000106. The van der Waals surface area contributed by atoms with Crippen molar-refractivity contribution in [2.24, 2.45) is 0 Å². The van der Waals surface area contributed by atoms with Crippen LogP contribution in [0.5, 0.6) is 5.88 Å². The van der Waals surface area contributed by atoms with Gasteiger partial charge in [-0.1, -0.05) is 13.8 Å². The molecule has 0 amide bonds. The molecule has 0 bridgehead atoms. The van der Waals surface area contributed by atoms with Gasteiger partial charge in [0, 0.05) is 31.3 Å². The van der Waals surface area contributed by atoms with Crippen LogP contribution in [0.2, 0.25) is 0 Å². The summed E-state index contributed by atoms with van der Waals surface area (Å²) in [5.41, 5.74) is 0.661. The number of nitrogens with zero attached hydrogens (tertiary/aromatic N) is 3. The van der Waals surface area contributed by atoms with Gasteiger partial charge in [0.2, 0.25) is 5.88 Å². The summed E-state index contributed by atoms with van der Waals surface area (Å²) in [6.45, 7) is 10.4. The smallest absolute Gasteiger partial charge is 0.288 e. The topological polar surface area (TPSA) is 77.7 Å². The summed E-state index contributed by atoms with van der Waals surface area (Å²) in [5, 5.41) is 10.6. The lowest BCUT2D eigenvalue weighted by molar-refractivity contribution is -0.385. The Morgan fingerprint density at radius 2 is 2.10 bits per heavy atom. The van der Waals surface area contributed by atoms with E-state index in [1.807, 2.05) is 13.8 Å². The number of aryl methyl sites for hydroxylation is 1. The molecule has 0 atom stereocenters. The molecule has 7 heteroatoms. The molecule has 1 aliphatic rings. The fourth-order valence-corrected chi connectivity index (χ4v) is 1.89. The maximum atomic E-state index is 10.6. The standard InChI is InChI=1S/C12H17N3O4.C2H6/c1-10-8-11(15(16)17)9-13-12(10)19-7-4-14-2-5-18-6-3-14;1-2/h8-9H,2-7H2,1H3;1-2H3. The monoisotopic (exact) mass is 297 g/mol. The summed E-state index contributed by atoms with van der Waals surface area (Å²) in [5.74, 6) is 0.457. The number of morpholine rings is 1. The Bertz CT molecular complexity index is 448. The Morgan fingerprint density at radius 3 is 2.67 bits per heavy atom. The van der Waals surface area contributed by atoms with Crippen molar-refractivity contribution in [3.8, 4) is 5.88 Å². The minimum Gasteiger partial charge on any atom is -0.476 e. The predicted molar refractivity (Wildman–Crippen MR) is 79.7 cm³/mol. The van der Waals surface area contributed by atoms with Crippen molar-refractivity contribution in [2.45, 2.75) is 20.8 Å². The van der Waals surface area contributed by atoms with Crippen LogP contribution in [0.15, 0.2) is 12.3 Å². The Hall–Kier alpha value is -1.73. The van der Waals surface area contributed by atoms with E-state index < -0.39 is 4.92 Å². The zero-order valence-electron chi connectivity index (χ0n) is 12.9. The van der Waals surface area contributed by atoms with Crippen LogP contribution in [0, 0.1) is 17.0 Å². The van der Waals surface area contributed by atoms with Crippen molar-refractivity contribution in [1.29, 1.82) is 0 Å². The summed E-state index contributed by atoms with van der Waals surface area (Å²) in [6.07, 6.45) is 1.22. The summed E-state index contributed by atoms with van der Waals surface area (Å²) in [6, 6.07) is 1.47. The fraction of sp³-hybridized carbons (Fsp3) is 0.643. The van der Waals surface area contributed by atoms with E-state index in [0.29, 0.717) is 18.1 Å². The molecular weight excluding hydrogens is 274 g/mol. The molecule has 118 valence electrons. The van der Waals surface area contributed by atoms with Crippen LogP contribution in [-0.2, 0) is 4.74 Å². The third-order valence-corrected chi connectivity index (χ3v) is 2.98. The van der Waals surface area contributed by atoms with Gasteiger partial charge in [-0.15, -0.1) is 0 Å². The number of hydrogen-bond donors (Lipinski definition) is 0. The van der Waals surface area contributed by atoms with Crippen LogP contribution in [0.25, 0.3) is 0 Å². The Morgan fingerprint density at radius 1 is 1.43 bits per heavy atom. The van der Waals surface area contributed by atoms with Gasteiger partial charge in [-0.25, -0.2) is 4.98 Å². The molecule has 2 rings (SSSR count). The third-order valence-electron chi connectivity index (χ3n) is 2.98. The van der Waals surface area contributed by atoms with Crippen molar-refractivity contribution in [3.63, 3.8) is 0 Å². The van der Waals surface area contributed by atoms with Crippen LogP contribution in [-0.4, -0.2) is 54.3 Å². The van der Waals surface area contributed by atoms with E-state index in [-0.39, 0.29) is 5.69 Å². The number of rotatable bonds is 5. The van der Waals surface area contributed by atoms with Crippen LogP contribution in [0.3, 0.4) is 0 Å². The molecule has 1 aliphatic heterocycles. The quantitative estimate of drug-likeness (QED) is 0.611. The van der Waals surface area contributed by atoms with E-state index in [9.17, 15) is 10.1 Å². The van der Waals surface area contributed by atoms with Gasteiger partial charge >= 0.3 is 0 Å². The van der Waals surface area contributed by atoms with E-state index in [2.05, 4.69) is 9.88 Å². The highest BCUT2D eigenvalue weighted by molar-refractivity contribution is 5.36. The molecule has 1 aromatic rings. The molecule has 7 nitrogen and oxygen atoms in total. The van der Waals surface area contributed by atoms with Gasteiger partial charge in [0.05, 0.1) is 18.1 Å². The SMILES string of the molecule is CC.Cc1cc([N+](=O)[O-])cnc1OCCN1CCOCC1. The minimum absolute atomic E-state index is 0.0157. The summed E-state index contributed by atoms with van der Waals surface area (Å²) in [4.78, 5) is 16.4. The van der Waals surface area contributed by atoms with Crippen molar-refractivity contribution in [2.75, 3.05) is 39.5 Å². The van der Waals surface area contributed by atoms with E-state index >= 15 is 0 Å². The van der Waals surface area contributed by atoms with Crippen molar-refractivity contribution >= 4 is 5.69 Å². The molecule has 1 aromatic heterocycles. The molecule has 0 spiro atoms. The Kier molecular flexibility index (Phi) is 7.63. The molecule has 0 unspecified atom stereocenters. The molecule has 0 aliphatic carbocycles. The minimum atomic E-state index is -0.461. The second kappa shape index (κ2) is 9.25. The van der Waals surface area contributed by atoms with Gasteiger partial charge in [-0.2, -0.15) is 0 Å². The van der Waals surface area contributed by atoms with Gasteiger partial charge in [-0.3, -0.25) is 15.0 Å². The normalized spacial score (nSPS) is 15.0. The third kappa shape index (κ3) is 5.65. The zero-order valence-corrected chi connectivity index (χ0v) is 12.9. The molecule has 0 N–H and O–H groups in total. The lowest BCUT2D eigenvalue weighted by atomic mass is 10.3. The van der Waals surface area contributed by atoms with E-state index in [1.54, 1.807) is 6.92 Å². The lowest BCUT2D eigenvalue weighted by Crippen LogP contribution is -2.38. The van der Waals surface area contributed by atoms with Gasteiger partial charge in [-0.05, 0) is 6.92 Å². The zero-order chi connectivity index (χ0) is 15.7. The first-order chi connectivity index (χ1) is 10.2. The highest BCUT2D eigenvalue weighted by atomic mass is 16.6. The average molecular weight is 297 g/mol. The van der Waals surface area contributed by atoms with Crippen molar-refractivity contribution in [1.82, 2.24) is 9.88 Å². The van der Waals surface area contributed by atoms with Crippen molar-refractivity contribution < 1.29 is 14.4 Å². The fourth-order valence-electron chi connectivity index (χ4n) is 1.89. The van der Waals surface area contributed by atoms with Gasteiger partial charge in [0.25, 0.3) is 5.69 Å². The number of nitro groups is 1. The first-order valence-corrected chi connectivity index (χ1v) is 7.21. The van der Waals surface area contributed by atoms with Crippen LogP contribution < -0.4 is 4.74 Å². The Labute approximate surface area is 125 Å². The van der Waals surface area contributed by atoms with Crippen LogP contribution in [0.4, 0.5) is 5.69 Å². The lowest BCUT2D eigenvalue weighted by Gasteiger charge is -2.26. The van der Waals surface area contributed by atoms with Crippen molar-refractivity contribution in [3.05, 3.63) is 27.9 Å². The molecule has 0 aromatic carbocycles. The largest absolute Gasteiger partial charge is 0.476 e. The average Bonchev–Trinajstić information content (AvgIpc) is 2.52. The maximum Gasteiger partial charge on any atom is 0.288 e. The van der Waals surface area contributed by atoms with E-state index in [1.165, 1.54) is 12.3 Å². The predicted octanol–water partition coefficient (Wildman–Crippen LogP) is 2.04. The molecule has 21 heavy (non-hydrogen) atoms. The molecule has 1 fully saturated rings. The second-order valence-electron chi connectivity index (χ2n) is 4.38. The summed E-state index contributed by atoms with van der Waals surface area (Å²) < 4.78 is 10.8. The van der Waals surface area contributed by atoms with Gasteiger partial charge in [0.1, 0.15) is 12.8 Å². The van der Waals surface area contributed by atoms with Gasteiger partial charge < -0.3 is 9.47 Å².